The molecule has 0 aromatic rings. The summed E-state index contributed by atoms with van der Waals surface area (Å²) in [5, 5.41) is 0. The lowest BCUT2D eigenvalue weighted by atomic mass is 10.1. The summed E-state index contributed by atoms with van der Waals surface area (Å²) < 4.78 is 0. The summed E-state index contributed by atoms with van der Waals surface area (Å²) >= 11 is 0. The number of rotatable bonds is 12. The quantitative estimate of drug-likeness (QED) is 0.327. The lowest BCUT2D eigenvalue weighted by Crippen LogP contribution is -1.89. The SMILES string of the molecule is CCCCCC=CCCCCCCCC(C)=O. The van der Waals surface area contributed by atoms with E-state index in [9.17, 15) is 4.79 Å². The Bertz CT molecular complexity index is 194. The van der Waals surface area contributed by atoms with Crippen molar-refractivity contribution in [3.63, 3.8) is 0 Å². The summed E-state index contributed by atoms with van der Waals surface area (Å²) in [5.74, 6) is 0.333. The Labute approximate surface area is 108 Å². The number of carbonyl (C=O) groups is 1. The molecule has 1 heteroatoms. The molecule has 0 rings (SSSR count). The number of unbranched alkanes of at least 4 members (excludes halogenated alkanes) is 8. The van der Waals surface area contributed by atoms with Crippen LogP contribution in [0.25, 0.3) is 0 Å². The van der Waals surface area contributed by atoms with Gasteiger partial charge in [0.2, 0.25) is 0 Å². The van der Waals surface area contributed by atoms with Crippen molar-refractivity contribution < 1.29 is 4.79 Å². The van der Waals surface area contributed by atoms with E-state index in [4.69, 9.17) is 0 Å². The van der Waals surface area contributed by atoms with Gasteiger partial charge in [0.05, 0.1) is 0 Å². The van der Waals surface area contributed by atoms with Crippen LogP contribution in [-0.4, -0.2) is 5.78 Å². The summed E-state index contributed by atoms with van der Waals surface area (Å²) in [7, 11) is 0. The number of carbonyl (C=O) groups excluding carboxylic acids is 1. The molecule has 0 N–H and O–H groups in total. The van der Waals surface area contributed by atoms with E-state index in [1.165, 1.54) is 57.8 Å². The molecule has 0 heterocycles. The molecule has 0 aliphatic heterocycles. The van der Waals surface area contributed by atoms with E-state index in [1.54, 1.807) is 6.92 Å². The predicted molar refractivity (Wildman–Crippen MR) is 76.3 cm³/mol. The van der Waals surface area contributed by atoms with Crippen LogP contribution in [0, 0.1) is 0 Å². The van der Waals surface area contributed by atoms with Crippen molar-refractivity contribution >= 4 is 5.78 Å². The zero-order chi connectivity index (χ0) is 12.8. The highest BCUT2D eigenvalue weighted by atomic mass is 16.1. The number of hydrogen-bond donors (Lipinski definition) is 0. The maximum Gasteiger partial charge on any atom is 0.129 e. The van der Waals surface area contributed by atoms with E-state index >= 15 is 0 Å². The van der Waals surface area contributed by atoms with Crippen molar-refractivity contribution in [1.82, 2.24) is 0 Å². The molecule has 0 bridgehead atoms. The van der Waals surface area contributed by atoms with E-state index in [1.807, 2.05) is 0 Å². The van der Waals surface area contributed by atoms with Gasteiger partial charge in [-0.3, -0.25) is 0 Å². The van der Waals surface area contributed by atoms with Gasteiger partial charge in [0.15, 0.2) is 0 Å². The number of allylic oxidation sites excluding steroid dienone is 2. The Hall–Kier alpha value is -0.590. The topological polar surface area (TPSA) is 17.1 Å². The van der Waals surface area contributed by atoms with Crippen LogP contribution in [-0.2, 0) is 4.79 Å². The average Bonchev–Trinajstić information content (AvgIpc) is 2.30. The third-order valence-corrected chi connectivity index (χ3v) is 3.04. The van der Waals surface area contributed by atoms with Crippen LogP contribution in [0.3, 0.4) is 0 Å². The molecule has 0 saturated heterocycles. The fourth-order valence-corrected chi connectivity index (χ4v) is 1.91. The summed E-state index contributed by atoms with van der Waals surface area (Å²) in [6, 6.07) is 0. The van der Waals surface area contributed by atoms with Crippen molar-refractivity contribution in [3.05, 3.63) is 12.2 Å². The van der Waals surface area contributed by atoms with Crippen molar-refractivity contribution in [2.75, 3.05) is 0 Å². The average molecular weight is 238 g/mol. The van der Waals surface area contributed by atoms with Crippen LogP contribution in [0.2, 0.25) is 0 Å². The maximum atomic E-state index is 10.7. The van der Waals surface area contributed by atoms with Crippen LogP contribution in [0.5, 0.6) is 0 Å². The summed E-state index contributed by atoms with van der Waals surface area (Å²) in [6.07, 6.45) is 18.2. The number of ketones is 1. The predicted octanol–water partition coefficient (Wildman–Crippen LogP) is 5.44. The molecule has 0 saturated carbocycles. The largest absolute Gasteiger partial charge is 0.300 e. The molecular weight excluding hydrogens is 208 g/mol. The Kier molecular flexibility index (Phi) is 13.0. The van der Waals surface area contributed by atoms with Crippen molar-refractivity contribution in [1.29, 1.82) is 0 Å². The van der Waals surface area contributed by atoms with Gasteiger partial charge in [-0.1, -0.05) is 51.2 Å². The van der Waals surface area contributed by atoms with Crippen LogP contribution in [0.1, 0.15) is 84.5 Å². The fourth-order valence-electron chi connectivity index (χ4n) is 1.91. The zero-order valence-corrected chi connectivity index (χ0v) is 11.8. The van der Waals surface area contributed by atoms with Gasteiger partial charge in [0.25, 0.3) is 0 Å². The second kappa shape index (κ2) is 13.5. The smallest absolute Gasteiger partial charge is 0.129 e. The Balaban J connectivity index is 3.05. The first-order valence-electron chi connectivity index (χ1n) is 7.41. The minimum absolute atomic E-state index is 0.333. The summed E-state index contributed by atoms with van der Waals surface area (Å²) in [5.41, 5.74) is 0. The second-order valence-corrected chi connectivity index (χ2v) is 4.98. The van der Waals surface area contributed by atoms with Crippen LogP contribution in [0.15, 0.2) is 12.2 Å². The molecular formula is C16H30O. The van der Waals surface area contributed by atoms with E-state index in [0.29, 0.717) is 5.78 Å². The van der Waals surface area contributed by atoms with Crippen molar-refractivity contribution in [2.24, 2.45) is 0 Å². The molecule has 0 unspecified atom stereocenters. The molecule has 0 spiro atoms. The van der Waals surface area contributed by atoms with Gasteiger partial charge in [-0.2, -0.15) is 0 Å². The summed E-state index contributed by atoms with van der Waals surface area (Å²) in [6.45, 7) is 3.93. The molecule has 0 aromatic heterocycles. The van der Waals surface area contributed by atoms with E-state index < -0.39 is 0 Å². The first-order valence-corrected chi connectivity index (χ1v) is 7.41. The third-order valence-electron chi connectivity index (χ3n) is 3.04. The molecule has 17 heavy (non-hydrogen) atoms. The highest BCUT2D eigenvalue weighted by Gasteiger charge is 1.93. The zero-order valence-electron chi connectivity index (χ0n) is 11.8. The molecule has 0 aliphatic carbocycles. The van der Waals surface area contributed by atoms with Gasteiger partial charge >= 0.3 is 0 Å². The molecule has 100 valence electrons. The highest BCUT2D eigenvalue weighted by Crippen LogP contribution is 2.08. The van der Waals surface area contributed by atoms with Crippen LogP contribution in [0.4, 0.5) is 0 Å². The molecule has 1 nitrogen and oxygen atoms in total. The van der Waals surface area contributed by atoms with Gasteiger partial charge in [-0.25, -0.2) is 0 Å². The Morgan fingerprint density at radius 3 is 1.94 bits per heavy atom. The third kappa shape index (κ3) is 15.4. The molecule has 0 radical (unpaired) electrons. The lowest BCUT2D eigenvalue weighted by molar-refractivity contribution is -0.117. The minimum atomic E-state index is 0.333. The monoisotopic (exact) mass is 238 g/mol. The molecule has 0 fully saturated rings. The van der Waals surface area contributed by atoms with Gasteiger partial charge in [0.1, 0.15) is 5.78 Å². The van der Waals surface area contributed by atoms with Gasteiger partial charge in [-0.15, -0.1) is 0 Å². The normalized spacial score (nSPS) is 11.2. The van der Waals surface area contributed by atoms with E-state index in [2.05, 4.69) is 19.1 Å². The standard InChI is InChI=1S/C16H30O/c1-3-4-5-6-7-8-9-10-11-12-13-14-15-16(2)17/h7-8H,3-6,9-15H2,1-2H3. The fraction of sp³-hybridized carbons (Fsp3) is 0.812. The highest BCUT2D eigenvalue weighted by molar-refractivity contribution is 5.75. The second-order valence-electron chi connectivity index (χ2n) is 4.98. The molecule has 0 aliphatic rings. The first-order chi connectivity index (χ1) is 8.27. The molecule has 0 atom stereocenters. The van der Waals surface area contributed by atoms with Crippen LogP contribution >= 0.6 is 0 Å². The molecule has 0 amide bonds. The van der Waals surface area contributed by atoms with Gasteiger partial charge in [0, 0.05) is 6.42 Å². The minimum Gasteiger partial charge on any atom is -0.300 e. The Morgan fingerprint density at radius 2 is 1.35 bits per heavy atom. The van der Waals surface area contributed by atoms with Crippen molar-refractivity contribution in [2.45, 2.75) is 84.5 Å². The summed E-state index contributed by atoms with van der Waals surface area (Å²) in [4.78, 5) is 10.7. The van der Waals surface area contributed by atoms with Gasteiger partial charge in [-0.05, 0) is 39.0 Å². The van der Waals surface area contributed by atoms with Crippen molar-refractivity contribution in [3.8, 4) is 0 Å². The lowest BCUT2D eigenvalue weighted by Gasteiger charge is -1.98. The van der Waals surface area contributed by atoms with E-state index in [-0.39, 0.29) is 0 Å². The Morgan fingerprint density at radius 1 is 0.824 bits per heavy atom. The maximum absolute atomic E-state index is 10.7. The first kappa shape index (κ1) is 16.4. The van der Waals surface area contributed by atoms with Gasteiger partial charge < -0.3 is 4.79 Å². The van der Waals surface area contributed by atoms with E-state index in [0.717, 1.165) is 12.8 Å². The number of Topliss-reactive ketones (excluding diaryl/α,β-unsaturated/α-hetero) is 1. The number of hydrogen-bond acceptors (Lipinski definition) is 1. The molecule has 0 aromatic carbocycles. The van der Waals surface area contributed by atoms with Crippen LogP contribution < -0.4 is 0 Å².